The molecule has 3 aromatic carbocycles. The molecule has 0 aliphatic heterocycles. The molecule has 306 valence electrons. The van der Waals surface area contributed by atoms with Crippen LogP contribution in [0.15, 0.2) is 110 Å². The molecule has 12 nitrogen and oxygen atoms in total. The second-order valence-corrected chi connectivity index (χ2v) is 14.2. The van der Waals surface area contributed by atoms with Crippen molar-refractivity contribution in [3.8, 4) is 34.5 Å². The zero-order valence-corrected chi connectivity index (χ0v) is 33.8. The van der Waals surface area contributed by atoms with Crippen molar-refractivity contribution in [1.82, 2.24) is 15.0 Å². The van der Waals surface area contributed by atoms with Gasteiger partial charge in [0, 0.05) is 37.2 Å². The number of benzene rings is 3. The van der Waals surface area contributed by atoms with Crippen molar-refractivity contribution >= 4 is 17.9 Å². The van der Waals surface area contributed by atoms with Gasteiger partial charge >= 0.3 is 17.9 Å². The lowest BCUT2D eigenvalue weighted by molar-refractivity contribution is 0.0718. The van der Waals surface area contributed by atoms with Crippen molar-refractivity contribution in [1.29, 1.82) is 0 Å². The summed E-state index contributed by atoms with van der Waals surface area (Å²) in [6.07, 6.45) is 12.6. The minimum absolute atomic E-state index is 0.269. The molecule has 3 heterocycles. The van der Waals surface area contributed by atoms with Gasteiger partial charge in [-0.25, -0.2) is 14.4 Å². The van der Waals surface area contributed by atoms with Crippen LogP contribution in [0.4, 0.5) is 0 Å². The fourth-order valence-electron chi connectivity index (χ4n) is 6.69. The third kappa shape index (κ3) is 9.95. The predicted molar refractivity (Wildman–Crippen MR) is 223 cm³/mol. The van der Waals surface area contributed by atoms with Crippen LogP contribution in [0.5, 0.6) is 34.5 Å². The molecule has 0 saturated carbocycles. The summed E-state index contributed by atoms with van der Waals surface area (Å²) < 4.78 is 36.8. The molecule has 3 aromatic heterocycles. The largest absolute Gasteiger partial charge is 0.490 e. The van der Waals surface area contributed by atoms with Gasteiger partial charge in [0.15, 0.2) is 34.5 Å². The summed E-state index contributed by atoms with van der Waals surface area (Å²) in [6.45, 7) is 7.18. The standard InChI is InChI=1S/C48H45N3O9/c1-4-19-55-40-25-34-22-38-29-44(59-47(53)32-9-15-50-16-10-32)42(57-21-6-3)27-36(38)24-39-30-45(60-48(54)33-11-17-51-18-12-33)41(56-20-5-2)26-35(39)23-37(34)28-43(40)58-46(52)31-7-13-49-14-8-31/h7-18,25-30H,4-6,19-24H2,1-3H3. The van der Waals surface area contributed by atoms with Gasteiger partial charge in [0.1, 0.15) is 0 Å². The Bertz CT molecular complexity index is 2190. The van der Waals surface area contributed by atoms with Gasteiger partial charge in [0.05, 0.1) is 36.5 Å². The minimum atomic E-state index is -0.552. The first-order chi connectivity index (χ1) is 29.3. The van der Waals surface area contributed by atoms with Crippen LogP contribution in [0.3, 0.4) is 0 Å². The fraction of sp³-hybridized carbons (Fsp3) is 0.250. The van der Waals surface area contributed by atoms with Crippen LogP contribution in [-0.4, -0.2) is 52.7 Å². The van der Waals surface area contributed by atoms with Crippen molar-refractivity contribution < 1.29 is 42.8 Å². The maximum atomic E-state index is 13.4. The minimum Gasteiger partial charge on any atom is -0.490 e. The maximum absolute atomic E-state index is 13.4. The van der Waals surface area contributed by atoms with Crippen LogP contribution >= 0.6 is 0 Å². The van der Waals surface area contributed by atoms with E-state index in [0.717, 1.165) is 52.6 Å². The fourth-order valence-corrected chi connectivity index (χ4v) is 6.69. The molecule has 0 radical (unpaired) electrons. The molecule has 6 aromatic rings. The molecule has 0 spiro atoms. The Labute approximate surface area is 348 Å². The number of hydrogen-bond acceptors (Lipinski definition) is 12. The number of carbonyl (C=O) groups excluding carboxylic acids is 3. The molecule has 7 rings (SSSR count). The second-order valence-electron chi connectivity index (χ2n) is 14.2. The van der Waals surface area contributed by atoms with Crippen LogP contribution in [0, 0.1) is 0 Å². The normalized spacial score (nSPS) is 11.7. The molecule has 1 aliphatic rings. The van der Waals surface area contributed by atoms with E-state index >= 15 is 0 Å². The maximum Gasteiger partial charge on any atom is 0.343 e. The first-order valence-electron chi connectivity index (χ1n) is 20.1. The molecule has 0 fully saturated rings. The monoisotopic (exact) mass is 807 g/mol. The van der Waals surface area contributed by atoms with Crippen molar-refractivity contribution in [2.75, 3.05) is 19.8 Å². The third-order valence-electron chi connectivity index (χ3n) is 9.68. The van der Waals surface area contributed by atoms with Crippen LogP contribution < -0.4 is 28.4 Å². The average Bonchev–Trinajstić information content (AvgIpc) is 3.33. The van der Waals surface area contributed by atoms with Gasteiger partial charge in [-0.2, -0.15) is 0 Å². The number of hydrogen-bond donors (Lipinski definition) is 0. The SMILES string of the molecule is CCCOc1cc2c(cc1OC(=O)c1ccncc1)Cc1cc(OCCC)c(OC(=O)c3ccncc3)cc1Cc1cc(OCCC)c(OC(=O)c3ccncc3)cc1C2. The zero-order valence-electron chi connectivity index (χ0n) is 33.8. The number of nitrogens with zero attached hydrogens (tertiary/aromatic N) is 3. The van der Waals surface area contributed by atoms with Gasteiger partial charge < -0.3 is 28.4 Å². The van der Waals surface area contributed by atoms with E-state index in [2.05, 4.69) is 15.0 Å². The van der Waals surface area contributed by atoms with Crippen LogP contribution in [0.25, 0.3) is 0 Å². The van der Waals surface area contributed by atoms with E-state index in [-0.39, 0.29) is 17.2 Å². The van der Waals surface area contributed by atoms with E-state index in [1.54, 1.807) is 36.4 Å². The molecule has 0 N–H and O–H groups in total. The highest BCUT2D eigenvalue weighted by Gasteiger charge is 2.25. The number of ether oxygens (including phenoxy) is 6. The molecule has 0 saturated heterocycles. The molecule has 0 unspecified atom stereocenters. The average molecular weight is 808 g/mol. The Balaban J connectivity index is 1.40. The van der Waals surface area contributed by atoms with E-state index in [9.17, 15) is 14.4 Å². The lowest BCUT2D eigenvalue weighted by Gasteiger charge is -2.19. The predicted octanol–water partition coefficient (Wildman–Crippen LogP) is 8.98. The van der Waals surface area contributed by atoms with Crippen LogP contribution in [0.2, 0.25) is 0 Å². The topological polar surface area (TPSA) is 145 Å². The van der Waals surface area contributed by atoms with Gasteiger partial charge in [-0.15, -0.1) is 0 Å². The van der Waals surface area contributed by atoms with E-state index in [4.69, 9.17) is 28.4 Å². The molecule has 12 heteroatoms. The Morgan fingerprint density at radius 1 is 0.400 bits per heavy atom. The molecule has 1 aliphatic carbocycles. The van der Waals surface area contributed by atoms with E-state index in [1.165, 1.54) is 37.2 Å². The van der Waals surface area contributed by atoms with E-state index < -0.39 is 17.9 Å². The molecular weight excluding hydrogens is 763 g/mol. The molecular formula is C48H45N3O9. The summed E-state index contributed by atoms with van der Waals surface area (Å²) in [5.74, 6) is 0.392. The number of pyridine rings is 3. The number of aromatic nitrogens is 3. The summed E-state index contributed by atoms with van der Waals surface area (Å²) in [4.78, 5) is 52.4. The van der Waals surface area contributed by atoms with Crippen molar-refractivity contribution in [3.63, 3.8) is 0 Å². The third-order valence-corrected chi connectivity index (χ3v) is 9.68. The second kappa shape index (κ2) is 19.6. The zero-order chi connectivity index (χ0) is 41.8. The Kier molecular flexibility index (Phi) is 13.4. The summed E-state index contributed by atoms with van der Waals surface area (Å²) in [5.41, 5.74) is 6.30. The highest BCUT2D eigenvalue weighted by atomic mass is 16.6. The van der Waals surface area contributed by atoms with Gasteiger partial charge in [0.2, 0.25) is 0 Å². The van der Waals surface area contributed by atoms with Crippen molar-refractivity contribution in [2.45, 2.75) is 59.3 Å². The van der Waals surface area contributed by atoms with Gasteiger partial charge in [-0.05, 0) is 145 Å². The van der Waals surface area contributed by atoms with Crippen molar-refractivity contribution in [3.05, 3.63) is 160 Å². The quantitative estimate of drug-likeness (QED) is 0.0720. The lowest BCUT2D eigenvalue weighted by atomic mass is 9.94. The van der Waals surface area contributed by atoms with Crippen LogP contribution in [-0.2, 0) is 19.3 Å². The van der Waals surface area contributed by atoms with Gasteiger partial charge in [-0.1, -0.05) is 20.8 Å². The molecule has 0 bridgehead atoms. The highest BCUT2D eigenvalue weighted by Crippen LogP contribution is 2.42. The smallest absolute Gasteiger partial charge is 0.343 e. The Hall–Kier alpha value is -7.08. The summed E-state index contributed by atoms with van der Waals surface area (Å²) >= 11 is 0. The number of fused-ring (bicyclic) bond motifs is 3. The lowest BCUT2D eigenvalue weighted by Crippen LogP contribution is -2.12. The van der Waals surface area contributed by atoms with Crippen LogP contribution in [0.1, 0.15) is 104 Å². The van der Waals surface area contributed by atoms with Gasteiger partial charge in [-0.3, -0.25) is 15.0 Å². The van der Waals surface area contributed by atoms with Crippen molar-refractivity contribution in [2.24, 2.45) is 0 Å². The number of carbonyl (C=O) groups is 3. The summed E-state index contributed by atoms with van der Waals surface area (Å²) in [7, 11) is 0. The van der Waals surface area contributed by atoms with Gasteiger partial charge in [0.25, 0.3) is 0 Å². The summed E-state index contributed by atoms with van der Waals surface area (Å²) in [6, 6.07) is 20.8. The Morgan fingerprint density at radius 2 is 0.633 bits per heavy atom. The first-order valence-corrected chi connectivity index (χ1v) is 20.1. The number of rotatable bonds is 15. The highest BCUT2D eigenvalue weighted by molar-refractivity contribution is 5.92. The Morgan fingerprint density at radius 3 is 0.867 bits per heavy atom. The molecule has 0 amide bonds. The number of esters is 3. The molecule has 60 heavy (non-hydrogen) atoms. The van der Waals surface area contributed by atoms with E-state index in [0.29, 0.717) is 73.0 Å². The summed E-state index contributed by atoms with van der Waals surface area (Å²) in [5, 5.41) is 0. The van der Waals surface area contributed by atoms with E-state index in [1.807, 2.05) is 57.2 Å². The first kappa shape index (κ1) is 41.1. The molecule has 0 atom stereocenters.